The first-order valence-electron chi connectivity index (χ1n) is 12.7. The molecule has 0 N–H and O–H groups in total. The average molecular weight is 429 g/mol. The molecule has 0 unspecified atom stereocenters. The third-order valence-electron chi connectivity index (χ3n) is 8.74. The van der Waals surface area contributed by atoms with Crippen molar-refractivity contribution in [3.63, 3.8) is 0 Å². The van der Waals surface area contributed by atoms with Crippen molar-refractivity contribution in [1.29, 1.82) is 0 Å². The van der Waals surface area contributed by atoms with Crippen molar-refractivity contribution in [3.8, 4) is 0 Å². The number of allylic oxidation sites excluding steroid dienone is 4. The van der Waals surface area contributed by atoms with Crippen LogP contribution in [-0.2, 0) is 14.3 Å². The molecule has 1 saturated carbocycles. The normalized spacial score (nSPS) is 38.9. The minimum absolute atomic E-state index is 0.000514. The van der Waals surface area contributed by atoms with Crippen LogP contribution in [0, 0.1) is 35.0 Å². The Morgan fingerprint density at radius 2 is 1.81 bits per heavy atom. The Morgan fingerprint density at radius 1 is 1.06 bits per heavy atom. The summed E-state index contributed by atoms with van der Waals surface area (Å²) in [7, 11) is 0. The topological polar surface area (TPSA) is 43.4 Å². The molecule has 3 nitrogen and oxygen atoms in total. The number of hydrogen-bond acceptors (Lipinski definition) is 3. The second-order valence-corrected chi connectivity index (χ2v) is 11.3. The van der Waals surface area contributed by atoms with E-state index in [0.717, 1.165) is 38.5 Å². The van der Waals surface area contributed by atoms with E-state index in [4.69, 9.17) is 4.74 Å². The van der Waals surface area contributed by atoms with Gasteiger partial charge in [0.2, 0.25) is 0 Å². The molecule has 2 fully saturated rings. The van der Waals surface area contributed by atoms with Crippen LogP contribution in [-0.4, -0.2) is 23.8 Å². The van der Waals surface area contributed by atoms with Gasteiger partial charge in [0.05, 0.1) is 6.10 Å². The summed E-state index contributed by atoms with van der Waals surface area (Å²) in [4.78, 5) is 26.1. The van der Waals surface area contributed by atoms with Crippen LogP contribution >= 0.6 is 0 Å². The molecule has 174 valence electrons. The number of ketones is 2. The van der Waals surface area contributed by atoms with Crippen molar-refractivity contribution in [1.82, 2.24) is 0 Å². The van der Waals surface area contributed by atoms with E-state index in [1.54, 1.807) is 0 Å². The fourth-order valence-corrected chi connectivity index (χ4v) is 6.22. The Morgan fingerprint density at radius 3 is 2.52 bits per heavy atom. The molecule has 0 radical (unpaired) electrons. The summed E-state index contributed by atoms with van der Waals surface area (Å²) >= 11 is 0. The summed E-state index contributed by atoms with van der Waals surface area (Å²) in [5.41, 5.74) is 1.34. The zero-order valence-corrected chi connectivity index (χ0v) is 20.7. The maximum atomic E-state index is 13.7. The van der Waals surface area contributed by atoms with E-state index in [9.17, 15) is 9.59 Å². The fraction of sp³-hybridized carbons (Fsp3) is 0.786. The lowest BCUT2D eigenvalue weighted by Crippen LogP contribution is -2.45. The van der Waals surface area contributed by atoms with Crippen LogP contribution in [0.15, 0.2) is 23.8 Å². The Labute approximate surface area is 190 Å². The molecule has 0 amide bonds. The van der Waals surface area contributed by atoms with Gasteiger partial charge in [-0.05, 0) is 74.5 Å². The van der Waals surface area contributed by atoms with Crippen LogP contribution in [0.2, 0.25) is 0 Å². The SMILES string of the molecule is C/C1=C/CC[C@]2(C)[C@@H]([C@H](C)/C=C/[C@H](C)C(C)C)CC[C@H]2C(=O)[C@@H]2CC(=O)C[C@@H](CC1)O2. The zero-order chi connectivity index (χ0) is 22.8. The number of rotatable bonds is 4. The first-order valence-corrected chi connectivity index (χ1v) is 12.7. The molecule has 0 aromatic carbocycles. The summed E-state index contributed by atoms with van der Waals surface area (Å²) in [6.07, 6.45) is 13.2. The van der Waals surface area contributed by atoms with Crippen molar-refractivity contribution >= 4 is 11.6 Å². The first kappa shape index (κ1) is 24.4. The van der Waals surface area contributed by atoms with Gasteiger partial charge in [-0.15, -0.1) is 0 Å². The summed E-state index contributed by atoms with van der Waals surface area (Å²) in [5.74, 6) is 2.54. The average Bonchev–Trinajstić information content (AvgIpc) is 3.05. The Kier molecular flexibility index (Phi) is 8.00. The van der Waals surface area contributed by atoms with Crippen LogP contribution in [0.1, 0.15) is 92.9 Å². The van der Waals surface area contributed by atoms with E-state index in [1.165, 1.54) is 5.57 Å². The van der Waals surface area contributed by atoms with Crippen molar-refractivity contribution in [2.45, 2.75) is 105 Å². The summed E-state index contributed by atoms with van der Waals surface area (Å²) in [5, 5.41) is 0. The van der Waals surface area contributed by atoms with Gasteiger partial charge in [0.15, 0.2) is 5.78 Å². The van der Waals surface area contributed by atoms with Gasteiger partial charge in [0, 0.05) is 18.8 Å². The highest BCUT2D eigenvalue weighted by Gasteiger charge is 2.52. The monoisotopic (exact) mass is 428 g/mol. The van der Waals surface area contributed by atoms with E-state index in [0.29, 0.717) is 30.1 Å². The molecule has 3 heteroatoms. The number of fused-ring (bicyclic) bond motifs is 3. The maximum absolute atomic E-state index is 13.7. The highest BCUT2D eigenvalue weighted by molar-refractivity contribution is 5.92. The maximum Gasteiger partial charge on any atom is 0.165 e. The molecule has 31 heavy (non-hydrogen) atoms. The van der Waals surface area contributed by atoms with Gasteiger partial charge < -0.3 is 4.74 Å². The highest BCUT2D eigenvalue weighted by atomic mass is 16.5. The van der Waals surface area contributed by atoms with Gasteiger partial charge in [-0.3, -0.25) is 9.59 Å². The van der Waals surface area contributed by atoms with Gasteiger partial charge in [-0.1, -0.05) is 58.4 Å². The first-order chi connectivity index (χ1) is 14.6. The molecule has 1 aliphatic carbocycles. The second-order valence-electron chi connectivity index (χ2n) is 11.3. The smallest absolute Gasteiger partial charge is 0.165 e. The largest absolute Gasteiger partial charge is 0.366 e. The molecule has 0 aromatic heterocycles. The van der Waals surface area contributed by atoms with Gasteiger partial charge in [0.1, 0.15) is 11.9 Å². The molecule has 2 aliphatic heterocycles. The fourth-order valence-electron chi connectivity index (χ4n) is 6.22. The summed E-state index contributed by atoms with van der Waals surface area (Å²) in [6.45, 7) is 13.7. The van der Waals surface area contributed by atoms with Gasteiger partial charge >= 0.3 is 0 Å². The van der Waals surface area contributed by atoms with Crippen molar-refractivity contribution in [2.24, 2.45) is 35.0 Å². The van der Waals surface area contributed by atoms with Crippen molar-refractivity contribution in [2.75, 3.05) is 0 Å². The van der Waals surface area contributed by atoms with Crippen LogP contribution < -0.4 is 0 Å². The van der Waals surface area contributed by atoms with Crippen LogP contribution in [0.25, 0.3) is 0 Å². The molecule has 2 heterocycles. The quantitative estimate of drug-likeness (QED) is 0.467. The standard InChI is InChI=1S/C28H44O3/c1-18(2)20(4)10-11-21(5)24-13-14-25-27(30)26-17-22(29)16-23(31-26)12-9-19(3)8-7-15-28(24,25)6/h8,10-11,18,20-21,23-26H,7,9,12-17H2,1-6H3/b11-10+,19-8-/t20-,21+,23+,24+,25-,26-,28+/m0/s1. The van der Waals surface area contributed by atoms with E-state index < -0.39 is 6.10 Å². The third kappa shape index (κ3) is 5.59. The van der Waals surface area contributed by atoms with E-state index in [2.05, 4.69) is 59.8 Å². The van der Waals surface area contributed by atoms with Crippen molar-refractivity contribution in [3.05, 3.63) is 23.8 Å². The number of Topliss-reactive ketones (excluding diaryl/α,β-unsaturated/α-hetero) is 2. The van der Waals surface area contributed by atoms with Crippen LogP contribution in [0.5, 0.6) is 0 Å². The predicted octanol–water partition coefficient (Wildman–Crippen LogP) is 6.71. The molecule has 3 aliphatic rings. The molecule has 0 spiro atoms. The summed E-state index contributed by atoms with van der Waals surface area (Å²) in [6, 6.07) is 0. The minimum Gasteiger partial charge on any atom is -0.366 e. The van der Waals surface area contributed by atoms with E-state index in [-0.39, 0.29) is 35.4 Å². The van der Waals surface area contributed by atoms with E-state index in [1.807, 2.05) is 0 Å². The second kappa shape index (κ2) is 10.1. The van der Waals surface area contributed by atoms with Gasteiger partial charge in [-0.25, -0.2) is 0 Å². The van der Waals surface area contributed by atoms with Gasteiger partial charge in [0.25, 0.3) is 0 Å². The Hall–Kier alpha value is -1.22. The third-order valence-corrected chi connectivity index (χ3v) is 8.74. The molecule has 2 bridgehead atoms. The predicted molar refractivity (Wildman–Crippen MR) is 127 cm³/mol. The van der Waals surface area contributed by atoms with Crippen LogP contribution in [0.4, 0.5) is 0 Å². The molecule has 0 aromatic rings. The molecular formula is C28H44O3. The lowest BCUT2D eigenvalue weighted by atomic mass is 9.64. The highest BCUT2D eigenvalue weighted by Crippen LogP contribution is 2.55. The number of carbonyl (C=O) groups is 2. The number of ether oxygens (including phenoxy) is 1. The Balaban J connectivity index is 1.87. The zero-order valence-electron chi connectivity index (χ0n) is 20.7. The molecule has 7 atom stereocenters. The lowest BCUT2D eigenvalue weighted by Gasteiger charge is -2.41. The van der Waals surface area contributed by atoms with Crippen molar-refractivity contribution < 1.29 is 14.3 Å². The number of carbonyl (C=O) groups excluding carboxylic acids is 2. The lowest BCUT2D eigenvalue weighted by molar-refractivity contribution is -0.154. The van der Waals surface area contributed by atoms with Crippen LogP contribution in [0.3, 0.4) is 0 Å². The number of hydrogen-bond donors (Lipinski definition) is 0. The molecule has 1 saturated heterocycles. The minimum atomic E-state index is -0.523. The Bertz CT molecular complexity index is 718. The van der Waals surface area contributed by atoms with Gasteiger partial charge in [-0.2, -0.15) is 0 Å². The molecular weight excluding hydrogens is 384 g/mol. The summed E-state index contributed by atoms with van der Waals surface area (Å²) < 4.78 is 6.23. The van der Waals surface area contributed by atoms with E-state index >= 15 is 0 Å². The molecule has 3 rings (SSSR count).